The van der Waals surface area contributed by atoms with Gasteiger partial charge in [-0.3, -0.25) is 9.69 Å². The Labute approximate surface area is 150 Å². The Hall–Kier alpha value is -1.86. The van der Waals surface area contributed by atoms with Crippen LogP contribution in [0.2, 0.25) is 0 Å². The Morgan fingerprint density at radius 1 is 1.16 bits per heavy atom. The summed E-state index contributed by atoms with van der Waals surface area (Å²) in [4.78, 5) is 16.9. The summed E-state index contributed by atoms with van der Waals surface area (Å²) >= 11 is 1.33. The number of likely N-dealkylation sites (tertiary alicyclic amines) is 2. The van der Waals surface area contributed by atoms with Crippen molar-refractivity contribution in [3.8, 4) is 0 Å². The molecule has 0 unspecified atom stereocenters. The van der Waals surface area contributed by atoms with E-state index in [1.165, 1.54) is 36.5 Å². The number of hydrogen-bond donors (Lipinski definition) is 0. The molecule has 1 amide bonds. The monoisotopic (exact) mass is 360 g/mol. The number of hydrogen-bond acceptors (Lipinski definition) is 5. The van der Waals surface area contributed by atoms with E-state index in [0.29, 0.717) is 19.6 Å². The van der Waals surface area contributed by atoms with Crippen molar-refractivity contribution in [2.45, 2.75) is 24.7 Å². The third-order valence-corrected chi connectivity index (χ3v) is 5.81. The van der Waals surface area contributed by atoms with Crippen molar-refractivity contribution in [2.75, 3.05) is 32.7 Å². The van der Waals surface area contributed by atoms with Crippen molar-refractivity contribution in [3.63, 3.8) is 0 Å². The van der Waals surface area contributed by atoms with Crippen molar-refractivity contribution >= 4 is 17.4 Å². The summed E-state index contributed by atoms with van der Waals surface area (Å²) in [5, 5.41) is 6.19. The van der Waals surface area contributed by atoms with E-state index < -0.39 is 0 Å². The number of amides is 1. The molecule has 5 nitrogen and oxygen atoms in total. The van der Waals surface area contributed by atoms with Gasteiger partial charge in [0.05, 0.1) is 12.2 Å². The van der Waals surface area contributed by atoms with Gasteiger partial charge < -0.3 is 4.90 Å². The normalized spacial score (nSPS) is 24.1. The number of carbonyl (C=O) groups is 1. The molecule has 0 spiro atoms. The molecule has 1 aromatic carbocycles. The molecule has 2 fully saturated rings. The first-order valence-corrected chi connectivity index (χ1v) is 9.57. The molecule has 132 valence electrons. The van der Waals surface area contributed by atoms with E-state index in [0.717, 1.165) is 24.3 Å². The Kier molecular flexibility index (Phi) is 4.76. The summed E-state index contributed by atoms with van der Waals surface area (Å²) in [6, 6.07) is 6.61. The highest BCUT2D eigenvalue weighted by Gasteiger charge is 2.38. The number of nitrogens with zero attached hydrogens (tertiary/aromatic N) is 4. The fourth-order valence-electron chi connectivity index (χ4n) is 3.92. The van der Waals surface area contributed by atoms with Crippen molar-refractivity contribution in [1.82, 2.24) is 19.4 Å². The maximum atomic E-state index is 13.3. The smallest absolute Gasteiger partial charge is 0.236 e. The van der Waals surface area contributed by atoms with Crippen LogP contribution in [0.1, 0.15) is 35.9 Å². The third-order valence-electron chi connectivity index (χ3n) is 5.29. The molecule has 1 aromatic heterocycles. The maximum absolute atomic E-state index is 13.3. The minimum absolute atomic E-state index is 0.117. The second kappa shape index (κ2) is 7.17. The highest BCUT2D eigenvalue weighted by molar-refractivity contribution is 7.03. The third kappa shape index (κ3) is 3.57. The molecule has 7 heteroatoms. The summed E-state index contributed by atoms with van der Waals surface area (Å²) in [5.41, 5.74) is 1.98. The molecule has 2 atom stereocenters. The quantitative estimate of drug-likeness (QED) is 0.841. The SMILES string of the molecule is O=C(CN1CCCC1)N1C[C@@H](c2ccc(F)cc2)[C@H](c2csnn2)C1. The van der Waals surface area contributed by atoms with E-state index in [4.69, 9.17) is 0 Å². The van der Waals surface area contributed by atoms with Crippen LogP contribution in [0.3, 0.4) is 0 Å². The van der Waals surface area contributed by atoms with Crippen LogP contribution in [0.15, 0.2) is 29.6 Å². The van der Waals surface area contributed by atoms with Crippen molar-refractivity contribution < 1.29 is 9.18 Å². The topological polar surface area (TPSA) is 49.3 Å². The first-order valence-electron chi connectivity index (χ1n) is 8.73. The second-order valence-corrected chi connectivity index (χ2v) is 7.49. The lowest BCUT2D eigenvalue weighted by molar-refractivity contribution is -0.131. The average Bonchev–Trinajstić information content (AvgIpc) is 3.36. The van der Waals surface area contributed by atoms with Gasteiger partial charge in [0.25, 0.3) is 0 Å². The number of halogens is 1. The van der Waals surface area contributed by atoms with Crippen molar-refractivity contribution in [2.24, 2.45) is 0 Å². The molecule has 2 aromatic rings. The number of aromatic nitrogens is 2. The maximum Gasteiger partial charge on any atom is 0.236 e. The molecular formula is C18H21FN4OS. The second-order valence-electron chi connectivity index (χ2n) is 6.88. The predicted octanol–water partition coefficient (Wildman–Crippen LogP) is 2.48. The molecule has 4 rings (SSSR count). The van der Waals surface area contributed by atoms with Gasteiger partial charge in [0.2, 0.25) is 5.91 Å². The predicted molar refractivity (Wildman–Crippen MR) is 94.0 cm³/mol. The van der Waals surface area contributed by atoms with Gasteiger partial charge in [0.1, 0.15) is 5.82 Å². The Bertz CT molecular complexity index is 715. The Morgan fingerprint density at radius 3 is 2.56 bits per heavy atom. The average molecular weight is 360 g/mol. The van der Waals surface area contributed by atoms with Crippen LogP contribution in [0.4, 0.5) is 4.39 Å². The van der Waals surface area contributed by atoms with E-state index in [-0.39, 0.29) is 23.6 Å². The molecule has 0 N–H and O–H groups in total. The molecule has 0 aliphatic carbocycles. The van der Waals surface area contributed by atoms with Crippen LogP contribution in [0, 0.1) is 5.82 Å². The largest absolute Gasteiger partial charge is 0.340 e. The fourth-order valence-corrected chi connectivity index (χ4v) is 4.44. The zero-order chi connectivity index (χ0) is 17.2. The first kappa shape index (κ1) is 16.6. The van der Waals surface area contributed by atoms with Crippen LogP contribution in [-0.2, 0) is 4.79 Å². The fraction of sp³-hybridized carbons (Fsp3) is 0.500. The summed E-state index contributed by atoms with van der Waals surface area (Å²) in [5.74, 6) is 0.189. The summed E-state index contributed by atoms with van der Waals surface area (Å²) in [6.07, 6.45) is 2.36. The van der Waals surface area contributed by atoms with E-state index in [1.807, 2.05) is 22.4 Å². The van der Waals surface area contributed by atoms with E-state index >= 15 is 0 Å². The van der Waals surface area contributed by atoms with Gasteiger partial charge in [0.15, 0.2) is 0 Å². The van der Waals surface area contributed by atoms with Crippen LogP contribution >= 0.6 is 11.5 Å². The summed E-state index contributed by atoms with van der Waals surface area (Å²) in [7, 11) is 0. The highest BCUT2D eigenvalue weighted by atomic mass is 32.1. The number of benzene rings is 1. The Balaban J connectivity index is 1.53. The van der Waals surface area contributed by atoms with Gasteiger partial charge in [-0.25, -0.2) is 4.39 Å². The zero-order valence-electron chi connectivity index (χ0n) is 14.0. The molecule has 0 bridgehead atoms. The number of carbonyl (C=O) groups excluding carboxylic acids is 1. The van der Waals surface area contributed by atoms with E-state index in [1.54, 1.807) is 0 Å². The van der Waals surface area contributed by atoms with Crippen molar-refractivity contribution in [3.05, 3.63) is 46.7 Å². The van der Waals surface area contributed by atoms with Crippen LogP contribution < -0.4 is 0 Å². The van der Waals surface area contributed by atoms with Gasteiger partial charge >= 0.3 is 0 Å². The lowest BCUT2D eigenvalue weighted by Gasteiger charge is -2.21. The summed E-state index contributed by atoms with van der Waals surface area (Å²) in [6.45, 7) is 3.83. The van der Waals surface area contributed by atoms with Gasteiger partial charge in [0, 0.05) is 30.3 Å². The van der Waals surface area contributed by atoms with Gasteiger partial charge in [-0.2, -0.15) is 0 Å². The van der Waals surface area contributed by atoms with E-state index in [2.05, 4.69) is 14.5 Å². The lowest BCUT2D eigenvalue weighted by Crippen LogP contribution is -2.38. The first-order chi connectivity index (χ1) is 12.2. The van der Waals surface area contributed by atoms with Gasteiger partial charge in [-0.05, 0) is 55.2 Å². The molecule has 3 heterocycles. The zero-order valence-corrected chi connectivity index (χ0v) is 14.8. The van der Waals surface area contributed by atoms with Gasteiger partial charge in [-0.1, -0.05) is 16.6 Å². The minimum Gasteiger partial charge on any atom is -0.340 e. The molecule has 25 heavy (non-hydrogen) atoms. The van der Waals surface area contributed by atoms with Crippen molar-refractivity contribution in [1.29, 1.82) is 0 Å². The molecule has 0 saturated carbocycles. The molecule has 0 radical (unpaired) electrons. The van der Waals surface area contributed by atoms with Crippen LogP contribution in [0.25, 0.3) is 0 Å². The number of rotatable bonds is 4. The highest BCUT2D eigenvalue weighted by Crippen LogP contribution is 2.39. The molecule has 2 aliphatic rings. The molecule has 2 saturated heterocycles. The van der Waals surface area contributed by atoms with Crippen LogP contribution in [-0.4, -0.2) is 58.0 Å². The van der Waals surface area contributed by atoms with Gasteiger partial charge in [-0.15, -0.1) is 5.10 Å². The standard InChI is InChI=1S/C18H21FN4OS/c19-14-5-3-13(4-6-14)15-9-23(10-16(15)17-12-25-21-20-17)18(24)11-22-7-1-2-8-22/h3-6,12,15-16H,1-2,7-11H2/t15-,16+/m0/s1. The molecular weight excluding hydrogens is 339 g/mol. The molecule has 2 aliphatic heterocycles. The Morgan fingerprint density at radius 2 is 1.88 bits per heavy atom. The van der Waals surface area contributed by atoms with Crippen LogP contribution in [0.5, 0.6) is 0 Å². The van der Waals surface area contributed by atoms with E-state index in [9.17, 15) is 9.18 Å². The minimum atomic E-state index is -0.240. The summed E-state index contributed by atoms with van der Waals surface area (Å²) < 4.78 is 17.3. The lowest BCUT2D eigenvalue weighted by atomic mass is 9.87.